The van der Waals surface area contributed by atoms with Gasteiger partial charge in [-0.1, -0.05) is 29.8 Å². The normalized spacial score (nSPS) is 10.2. The molecule has 3 nitrogen and oxygen atoms in total. The van der Waals surface area contributed by atoms with E-state index in [1.807, 2.05) is 18.2 Å². The lowest BCUT2D eigenvalue weighted by atomic mass is 10.1. The molecule has 0 saturated heterocycles. The van der Waals surface area contributed by atoms with Crippen LogP contribution in [0.1, 0.15) is 5.56 Å². The van der Waals surface area contributed by atoms with Gasteiger partial charge in [-0.15, -0.1) is 0 Å². The van der Waals surface area contributed by atoms with Crippen molar-refractivity contribution in [2.75, 3.05) is 0 Å². The fraction of sp³-hybridized carbons (Fsp3) is 0.0833. The zero-order valence-electron chi connectivity index (χ0n) is 8.57. The molecule has 0 bridgehead atoms. The molecular weight excluding hydrogens is 186 g/mol. The van der Waals surface area contributed by atoms with Crippen molar-refractivity contribution in [3.05, 3.63) is 42.0 Å². The smallest absolute Gasteiger partial charge is 0.191 e. The Morgan fingerprint density at radius 2 is 1.67 bits per heavy atom. The second-order valence-electron chi connectivity index (χ2n) is 3.57. The van der Waals surface area contributed by atoms with E-state index in [2.05, 4.69) is 30.1 Å². The highest BCUT2D eigenvalue weighted by Crippen LogP contribution is 2.21. The van der Waals surface area contributed by atoms with Crippen LogP contribution in [-0.4, -0.2) is 5.96 Å². The number of aryl methyl sites for hydroxylation is 1. The van der Waals surface area contributed by atoms with E-state index in [1.165, 1.54) is 10.9 Å². The van der Waals surface area contributed by atoms with Gasteiger partial charge in [0.1, 0.15) is 0 Å². The number of nitrogens with two attached hydrogens (primary N) is 2. The number of fused-ring (bicyclic) bond motifs is 1. The number of benzene rings is 2. The standard InChI is InChI=1S/C12H13N3/c1-8-2-3-10-7-11(15-12(13)14)5-4-9(10)6-8/h2-7H,1H3,(H4,13,14,15). The average molecular weight is 199 g/mol. The molecule has 0 atom stereocenters. The number of aliphatic imine (C=N–C) groups is 1. The van der Waals surface area contributed by atoms with Gasteiger partial charge in [-0.2, -0.15) is 0 Å². The van der Waals surface area contributed by atoms with E-state index >= 15 is 0 Å². The third-order valence-corrected chi connectivity index (χ3v) is 2.24. The summed E-state index contributed by atoms with van der Waals surface area (Å²) < 4.78 is 0. The molecule has 2 rings (SSSR count). The molecule has 4 N–H and O–H groups in total. The van der Waals surface area contributed by atoms with Crippen LogP contribution in [0.4, 0.5) is 5.69 Å². The zero-order chi connectivity index (χ0) is 10.8. The summed E-state index contributed by atoms with van der Waals surface area (Å²) in [6, 6.07) is 12.2. The Morgan fingerprint density at radius 3 is 2.40 bits per heavy atom. The van der Waals surface area contributed by atoms with Crippen LogP contribution in [0, 0.1) is 6.92 Å². The predicted octanol–water partition coefficient (Wildman–Crippen LogP) is 2.05. The van der Waals surface area contributed by atoms with Crippen LogP contribution >= 0.6 is 0 Å². The number of guanidine groups is 1. The quantitative estimate of drug-likeness (QED) is 0.545. The second-order valence-corrected chi connectivity index (χ2v) is 3.57. The minimum Gasteiger partial charge on any atom is -0.370 e. The van der Waals surface area contributed by atoms with Crippen LogP contribution in [0.2, 0.25) is 0 Å². The van der Waals surface area contributed by atoms with Gasteiger partial charge >= 0.3 is 0 Å². The summed E-state index contributed by atoms with van der Waals surface area (Å²) in [5, 5.41) is 2.34. The van der Waals surface area contributed by atoms with Crippen molar-refractivity contribution in [3.63, 3.8) is 0 Å². The van der Waals surface area contributed by atoms with Crippen molar-refractivity contribution in [2.45, 2.75) is 6.92 Å². The maximum atomic E-state index is 5.32. The van der Waals surface area contributed by atoms with E-state index in [1.54, 1.807) is 0 Å². The van der Waals surface area contributed by atoms with Gasteiger partial charge in [0.2, 0.25) is 0 Å². The zero-order valence-corrected chi connectivity index (χ0v) is 8.57. The molecule has 2 aromatic carbocycles. The molecule has 0 heterocycles. The van der Waals surface area contributed by atoms with Crippen LogP contribution < -0.4 is 11.5 Å². The van der Waals surface area contributed by atoms with Gasteiger partial charge in [0, 0.05) is 0 Å². The van der Waals surface area contributed by atoms with Crippen molar-refractivity contribution < 1.29 is 0 Å². The molecule has 0 aliphatic carbocycles. The fourth-order valence-electron chi connectivity index (χ4n) is 1.57. The van der Waals surface area contributed by atoms with Crippen LogP contribution in [0.15, 0.2) is 41.4 Å². The van der Waals surface area contributed by atoms with E-state index in [0.29, 0.717) is 0 Å². The van der Waals surface area contributed by atoms with E-state index in [9.17, 15) is 0 Å². The van der Waals surface area contributed by atoms with Crippen molar-refractivity contribution in [2.24, 2.45) is 16.5 Å². The molecule has 0 saturated carbocycles. The minimum absolute atomic E-state index is 0.0847. The molecule has 0 amide bonds. The maximum absolute atomic E-state index is 5.32. The first kappa shape index (κ1) is 9.52. The fourth-order valence-corrected chi connectivity index (χ4v) is 1.57. The van der Waals surface area contributed by atoms with E-state index in [-0.39, 0.29) is 5.96 Å². The number of nitrogens with zero attached hydrogens (tertiary/aromatic N) is 1. The molecule has 0 aromatic heterocycles. The van der Waals surface area contributed by atoms with Gasteiger partial charge in [-0.05, 0) is 29.8 Å². The lowest BCUT2D eigenvalue weighted by Gasteiger charge is -2.01. The molecule has 2 aromatic rings. The largest absolute Gasteiger partial charge is 0.370 e. The van der Waals surface area contributed by atoms with Crippen LogP contribution in [0.5, 0.6) is 0 Å². The van der Waals surface area contributed by atoms with Gasteiger partial charge in [0.25, 0.3) is 0 Å². The van der Waals surface area contributed by atoms with Gasteiger partial charge in [0.15, 0.2) is 5.96 Å². The third-order valence-electron chi connectivity index (χ3n) is 2.24. The van der Waals surface area contributed by atoms with Gasteiger partial charge in [-0.25, -0.2) is 4.99 Å². The maximum Gasteiger partial charge on any atom is 0.191 e. The summed E-state index contributed by atoms with van der Waals surface area (Å²) >= 11 is 0. The first-order valence-corrected chi connectivity index (χ1v) is 4.75. The van der Waals surface area contributed by atoms with Gasteiger partial charge in [-0.3, -0.25) is 0 Å². The summed E-state index contributed by atoms with van der Waals surface area (Å²) in [7, 11) is 0. The van der Waals surface area contributed by atoms with Gasteiger partial charge < -0.3 is 11.5 Å². The molecule has 15 heavy (non-hydrogen) atoms. The van der Waals surface area contributed by atoms with E-state index in [4.69, 9.17) is 11.5 Å². The highest BCUT2D eigenvalue weighted by molar-refractivity contribution is 5.87. The van der Waals surface area contributed by atoms with Crippen LogP contribution in [0.25, 0.3) is 10.8 Å². The molecule has 3 heteroatoms. The van der Waals surface area contributed by atoms with E-state index < -0.39 is 0 Å². The Kier molecular flexibility index (Phi) is 2.29. The number of rotatable bonds is 1. The Balaban J connectivity index is 2.57. The second kappa shape index (κ2) is 3.61. The molecular formula is C12H13N3. The highest BCUT2D eigenvalue weighted by Gasteiger charge is 1.96. The molecule has 0 unspecified atom stereocenters. The van der Waals surface area contributed by atoms with Crippen molar-refractivity contribution in [1.82, 2.24) is 0 Å². The summed E-state index contributed by atoms with van der Waals surface area (Å²) in [6.45, 7) is 2.07. The first-order chi connectivity index (χ1) is 7.15. The molecule has 76 valence electrons. The Hall–Kier alpha value is -2.03. The number of hydrogen-bond donors (Lipinski definition) is 2. The van der Waals surface area contributed by atoms with Gasteiger partial charge in [0.05, 0.1) is 5.69 Å². The molecule has 0 spiro atoms. The lowest BCUT2D eigenvalue weighted by molar-refractivity contribution is 1.43. The lowest BCUT2D eigenvalue weighted by Crippen LogP contribution is -2.21. The van der Waals surface area contributed by atoms with Crippen molar-refractivity contribution >= 4 is 22.4 Å². The summed E-state index contributed by atoms with van der Waals surface area (Å²) in [4.78, 5) is 4.00. The topological polar surface area (TPSA) is 64.4 Å². The summed E-state index contributed by atoms with van der Waals surface area (Å²) in [5.41, 5.74) is 12.7. The monoisotopic (exact) mass is 199 g/mol. The molecule has 0 aliphatic rings. The Bertz CT molecular complexity index is 525. The minimum atomic E-state index is 0.0847. The average Bonchev–Trinajstić information content (AvgIpc) is 2.17. The summed E-state index contributed by atoms with van der Waals surface area (Å²) in [5.74, 6) is 0.0847. The van der Waals surface area contributed by atoms with Crippen LogP contribution in [0.3, 0.4) is 0 Å². The van der Waals surface area contributed by atoms with Crippen molar-refractivity contribution in [1.29, 1.82) is 0 Å². The number of hydrogen-bond acceptors (Lipinski definition) is 1. The van der Waals surface area contributed by atoms with E-state index in [0.717, 1.165) is 11.1 Å². The van der Waals surface area contributed by atoms with Crippen LogP contribution in [-0.2, 0) is 0 Å². The molecule has 0 fully saturated rings. The third kappa shape index (κ3) is 2.07. The van der Waals surface area contributed by atoms with Crippen molar-refractivity contribution in [3.8, 4) is 0 Å². The predicted molar refractivity (Wildman–Crippen MR) is 64.2 cm³/mol. The Labute approximate surface area is 88.4 Å². The highest BCUT2D eigenvalue weighted by atomic mass is 15.0. The molecule has 0 radical (unpaired) electrons. The molecule has 0 aliphatic heterocycles. The summed E-state index contributed by atoms with van der Waals surface area (Å²) in [6.07, 6.45) is 0. The first-order valence-electron chi connectivity index (χ1n) is 4.75. The SMILES string of the molecule is Cc1ccc2cc(N=C(N)N)ccc2c1. The Morgan fingerprint density at radius 1 is 1.00 bits per heavy atom.